The molecule has 0 aliphatic heterocycles. The van der Waals surface area contributed by atoms with E-state index >= 15 is 0 Å². The van der Waals surface area contributed by atoms with Crippen LogP contribution in [0.15, 0.2) is 42.5 Å². The van der Waals surface area contributed by atoms with E-state index < -0.39 is 18.5 Å². The molecular weight excluding hydrogens is 424 g/mol. The molecule has 0 atom stereocenters. The molecule has 9 heteroatoms. The van der Waals surface area contributed by atoms with E-state index in [2.05, 4.69) is 10.6 Å². The number of carbonyl (C=O) groups excluding carboxylic acids is 4. The van der Waals surface area contributed by atoms with E-state index in [1.165, 1.54) is 20.1 Å². The van der Waals surface area contributed by atoms with Gasteiger partial charge >= 0.3 is 5.97 Å². The first-order valence-corrected chi connectivity index (χ1v) is 9.86. The van der Waals surface area contributed by atoms with Crippen molar-refractivity contribution >= 4 is 46.5 Å². The van der Waals surface area contributed by atoms with E-state index in [1.807, 2.05) is 0 Å². The molecule has 2 aromatic rings. The number of hydrogen-bond donors (Lipinski definition) is 2. The Bertz CT molecular complexity index is 976. The zero-order valence-corrected chi connectivity index (χ0v) is 18.0. The van der Waals surface area contributed by atoms with Crippen LogP contribution in [0.5, 0.6) is 5.75 Å². The maximum Gasteiger partial charge on any atom is 0.306 e. The predicted molar refractivity (Wildman–Crippen MR) is 117 cm³/mol. The van der Waals surface area contributed by atoms with Gasteiger partial charge in [-0.25, -0.2) is 0 Å². The molecule has 0 fully saturated rings. The molecule has 2 aromatic carbocycles. The number of anilines is 2. The van der Waals surface area contributed by atoms with Gasteiger partial charge in [-0.15, -0.1) is 0 Å². The van der Waals surface area contributed by atoms with E-state index in [0.29, 0.717) is 27.7 Å². The Balaban J connectivity index is 1.70. The average molecular weight is 447 g/mol. The third-order valence-electron chi connectivity index (χ3n) is 4.14. The topological polar surface area (TPSA) is 111 Å². The van der Waals surface area contributed by atoms with E-state index in [1.54, 1.807) is 36.4 Å². The van der Waals surface area contributed by atoms with Crippen LogP contribution in [-0.4, -0.2) is 37.3 Å². The number of methoxy groups -OCH3 is 1. The Labute approximate surface area is 184 Å². The van der Waals surface area contributed by atoms with E-state index in [4.69, 9.17) is 21.1 Å². The maximum atomic E-state index is 12.0. The lowest BCUT2D eigenvalue weighted by Crippen LogP contribution is -2.21. The average Bonchev–Trinajstić information content (AvgIpc) is 2.72. The molecule has 0 saturated carbocycles. The second-order valence-electron chi connectivity index (χ2n) is 6.59. The van der Waals surface area contributed by atoms with E-state index in [9.17, 15) is 19.2 Å². The van der Waals surface area contributed by atoms with Crippen molar-refractivity contribution in [1.82, 2.24) is 0 Å². The molecule has 0 heterocycles. The van der Waals surface area contributed by atoms with Gasteiger partial charge in [0.1, 0.15) is 5.75 Å². The van der Waals surface area contributed by atoms with Gasteiger partial charge < -0.3 is 20.1 Å². The van der Waals surface area contributed by atoms with Crippen LogP contribution in [0.3, 0.4) is 0 Å². The van der Waals surface area contributed by atoms with Crippen LogP contribution >= 0.6 is 11.6 Å². The van der Waals surface area contributed by atoms with Gasteiger partial charge in [-0.3, -0.25) is 19.2 Å². The van der Waals surface area contributed by atoms with Gasteiger partial charge in [-0.05, 0) is 43.7 Å². The highest BCUT2D eigenvalue weighted by Gasteiger charge is 2.12. The molecule has 0 bridgehead atoms. The highest BCUT2D eigenvalue weighted by molar-refractivity contribution is 6.31. The monoisotopic (exact) mass is 446 g/mol. The Hall–Kier alpha value is -3.39. The third-order valence-corrected chi connectivity index (χ3v) is 4.37. The fraction of sp³-hybridized carbons (Fsp3) is 0.273. The Kier molecular flexibility index (Phi) is 9.02. The molecule has 2 N–H and O–H groups in total. The molecule has 2 amide bonds. The molecule has 31 heavy (non-hydrogen) atoms. The van der Waals surface area contributed by atoms with Gasteiger partial charge in [0.15, 0.2) is 12.4 Å². The van der Waals surface area contributed by atoms with Crippen molar-refractivity contribution in [3.63, 3.8) is 0 Å². The van der Waals surface area contributed by atoms with Crippen LogP contribution in [-0.2, 0) is 19.1 Å². The fourth-order valence-corrected chi connectivity index (χ4v) is 2.79. The third kappa shape index (κ3) is 8.10. The molecule has 0 aliphatic carbocycles. The molecule has 164 valence electrons. The van der Waals surface area contributed by atoms with Crippen LogP contribution in [0.2, 0.25) is 5.02 Å². The molecule has 0 aliphatic rings. The minimum atomic E-state index is -0.598. The summed E-state index contributed by atoms with van der Waals surface area (Å²) in [4.78, 5) is 47.2. The van der Waals surface area contributed by atoms with E-state index in [0.717, 1.165) is 0 Å². The summed E-state index contributed by atoms with van der Waals surface area (Å²) in [7, 11) is 1.45. The summed E-state index contributed by atoms with van der Waals surface area (Å²) in [5.41, 5.74) is 1.37. The lowest BCUT2D eigenvalue weighted by Gasteiger charge is -2.11. The zero-order chi connectivity index (χ0) is 22.8. The standard InChI is InChI=1S/C22H23ClN2O6/c1-14(26)15-5-3-6-17(11-15)24-20(27)7-4-8-22(29)31-13-21(28)25-18-12-16(23)9-10-19(18)30-2/h3,5-6,9-12H,4,7-8,13H2,1-2H3,(H,24,27)(H,25,28). The Morgan fingerprint density at radius 3 is 2.45 bits per heavy atom. The number of Topliss-reactive ketones (excluding diaryl/α,β-unsaturated/α-hetero) is 1. The predicted octanol–water partition coefficient (Wildman–Crippen LogP) is 3.84. The first kappa shape index (κ1) is 23.9. The van der Waals surface area contributed by atoms with Crippen molar-refractivity contribution in [2.24, 2.45) is 0 Å². The smallest absolute Gasteiger partial charge is 0.306 e. The van der Waals surface area contributed by atoms with Crippen LogP contribution in [0.25, 0.3) is 0 Å². The number of carbonyl (C=O) groups is 4. The second-order valence-corrected chi connectivity index (χ2v) is 7.03. The number of esters is 1. The minimum Gasteiger partial charge on any atom is -0.495 e. The van der Waals surface area contributed by atoms with Crippen LogP contribution in [0.1, 0.15) is 36.5 Å². The Morgan fingerprint density at radius 2 is 1.74 bits per heavy atom. The minimum absolute atomic E-state index is 0.0192. The van der Waals surface area contributed by atoms with Crippen molar-refractivity contribution in [3.8, 4) is 5.75 Å². The number of ketones is 1. The van der Waals surface area contributed by atoms with E-state index in [-0.39, 0.29) is 31.0 Å². The number of ether oxygens (including phenoxy) is 2. The first-order valence-electron chi connectivity index (χ1n) is 9.48. The maximum absolute atomic E-state index is 12.0. The fourth-order valence-electron chi connectivity index (χ4n) is 2.62. The molecule has 0 aromatic heterocycles. The Morgan fingerprint density at radius 1 is 0.968 bits per heavy atom. The number of benzene rings is 2. The van der Waals surface area contributed by atoms with Crippen LogP contribution < -0.4 is 15.4 Å². The van der Waals surface area contributed by atoms with Gasteiger partial charge in [0, 0.05) is 29.1 Å². The molecular formula is C22H23ClN2O6. The van der Waals surface area contributed by atoms with Crippen LogP contribution in [0.4, 0.5) is 11.4 Å². The molecule has 0 radical (unpaired) electrons. The molecule has 0 saturated heterocycles. The number of amides is 2. The summed E-state index contributed by atoms with van der Waals surface area (Å²) in [5.74, 6) is -1.11. The number of rotatable bonds is 10. The lowest BCUT2D eigenvalue weighted by molar-refractivity contribution is -0.147. The van der Waals surface area contributed by atoms with Gasteiger partial charge in [0.05, 0.1) is 12.8 Å². The summed E-state index contributed by atoms with van der Waals surface area (Å²) >= 11 is 5.90. The second kappa shape index (κ2) is 11.7. The SMILES string of the molecule is COc1ccc(Cl)cc1NC(=O)COC(=O)CCCC(=O)Nc1cccc(C(C)=O)c1. The molecule has 0 spiro atoms. The lowest BCUT2D eigenvalue weighted by atomic mass is 10.1. The van der Waals surface area contributed by atoms with Gasteiger partial charge in [0.2, 0.25) is 5.91 Å². The normalized spacial score (nSPS) is 10.2. The van der Waals surface area contributed by atoms with Crippen molar-refractivity contribution < 1.29 is 28.7 Å². The number of halogens is 1. The largest absolute Gasteiger partial charge is 0.495 e. The van der Waals surface area contributed by atoms with Gasteiger partial charge in [-0.1, -0.05) is 23.7 Å². The highest BCUT2D eigenvalue weighted by Crippen LogP contribution is 2.27. The molecule has 8 nitrogen and oxygen atoms in total. The molecule has 2 rings (SSSR count). The summed E-state index contributed by atoms with van der Waals surface area (Å²) in [6, 6.07) is 11.3. The van der Waals surface area contributed by atoms with Crippen molar-refractivity contribution in [1.29, 1.82) is 0 Å². The number of hydrogen-bond acceptors (Lipinski definition) is 6. The van der Waals surface area contributed by atoms with Crippen molar-refractivity contribution in [2.45, 2.75) is 26.2 Å². The quantitative estimate of drug-likeness (QED) is 0.423. The summed E-state index contributed by atoms with van der Waals surface area (Å²) < 4.78 is 10.1. The van der Waals surface area contributed by atoms with Crippen LogP contribution in [0, 0.1) is 0 Å². The summed E-state index contributed by atoms with van der Waals surface area (Å²) in [6.07, 6.45) is 0.320. The number of nitrogens with one attached hydrogen (secondary N) is 2. The van der Waals surface area contributed by atoms with Crippen molar-refractivity contribution in [3.05, 3.63) is 53.1 Å². The molecule has 0 unspecified atom stereocenters. The summed E-state index contributed by atoms with van der Waals surface area (Å²) in [5, 5.41) is 5.65. The van der Waals surface area contributed by atoms with Gasteiger partial charge in [-0.2, -0.15) is 0 Å². The van der Waals surface area contributed by atoms with Crippen molar-refractivity contribution in [2.75, 3.05) is 24.4 Å². The first-order chi connectivity index (χ1) is 14.8. The highest BCUT2D eigenvalue weighted by atomic mass is 35.5. The van der Waals surface area contributed by atoms with Gasteiger partial charge in [0.25, 0.3) is 5.91 Å². The summed E-state index contributed by atoms with van der Waals surface area (Å²) in [6.45, 7) is 0.969. The zero-order valence-electron chi connectivity index (χ0n) is 17.2.